The number of carbonyl (C=O) groups is 1. The van der Waals surface area contributed by atoms with Crippen molar-refractivity contribution < 1.29 is 14.6 Å². The Balaban J connectivity index is 1.27. The molecule has 1 aliphatic heterocycles. The summed E-state index contributed by atoms with van der Waals surface area (Å²) in [5, 5.41) is 15.8. The van der Waals surface area contributed by atoms with Gasteiger partial charge in [0.05, 0.1) is 25.0 Å². The molecule has 1 saturated heterocycles. The number of rotatable bonds is 6. The maximum atomic E-state index is 13.0. The molecular formula is C27H38N4O3S. The van der Waals surface area contributed by atoms with Gasteiger partial charge in [0.15, 0.2) is 0 Å². The Hall–Kier alpha value is -1.87. The Kier molecular flexibility index (Phi) is 7.26. The Bertz CT molecular complexity index is 1020. The lowest BCUT2D eigenvalue weighted by molar-refractivity contribution is -0.134. The van der Waals surface area contributed by atoms with E-state index in [4.69, 9.17) is 9.72 Å². The van der Waals surface area contributed by atoms with Gasteiger partial charge in [-0.15, -0.1) is 11.3 Å². The van der Waals surface area contributed by atoms with Gasteiger partial charge in [0.1, 0.15) is 5.01 Å². The summed E-state index contributed by atoms with van der Waals surface area (Å²) in [6.07, 6.45) is 5.98. The Morgan fingerprint density at radius 3 is 2.94 bits per heavy atom. The number of pyridine rings is 1. The zero-order valence-corrected chi connectivity index (χ0v) is 21.9. The number of amides is 1. The predicted octanol–water partition coefficient (Wildman–Crippen LogP) is 3.34. The molecule has 35 heavy (non-hydrogen) atoms. The van der Waals surface area contributed by atoms with Gasteiger partial charge in [0.25, 0.3) is 0 Å². The lowest BCUT2D eigenvalue weighted by Crippen LogP contribution is -2.53. The van der Waals surface area contributed by atoms with Crippen LogP contribution < -0.4 is 5.32 Å². The van der Waals surface area contributed by atoms with Crippen LogP contribution in [0.25, 0.3) is 10.6 Å². The first-order chi connectivity index (χ1) is 16.9. The number of hydrogen-bond donors (Lipinski definition) is 2. The van der Waals surface area contributed by atoms with E-state index in [-0.39, 0.29) is 35.0 Å². The molecule has 0 spiro atoms. The molecular weight excluding hydrogens is 460 g/mol. The predicted molar refractivity (Wildman–Crippen MR) is 137 cm³/mol. The second-order valence-electron chi connectivity index (χ2n) is 10.9. The third kappa shape index (κ3) is 4.90. The SMILES string of the molecule is C[C@H](C(=O)NCCN1CCOCC1)[C@@H]1CC[C@]2(C)Cc3sc(-c4cccnc4)nc3[C@H](C)[C@@H]2[C@H]1O. The van der Waals surface area contributed by atoms with Crippen molar-refractivity contribution in [2.45, 2.75) is 52.1 Å². The smallest absolute Gasteiger partial charge is 0.223 e. The fraction of sp³-hybridized carbons (Fsp3) is 0.667. The number of nitrogens with one attached hydrogen (secondary N) is 1. The monoisotopic (exact) mass is 498 g/mol. The molecule has 2 aromatic rings. The van der Waals surface area contributed by atoms with Gasteiger partial charge in [-0.2, -0.15) is 0 Å². The van der Waals surface area contributed by atoms with Crippen molar-refractivity contribution in [1.82, 2.24) is 20.2 Å². The van der Waals surface area contributed by atoms with Crippen LogP contribution >= 0.6 is 11.3 Å². The molecule has 0 radical (unpaired) electrons. The molecule has 0 bridgehead atoms. The molecule has 2 aliphatic carbocycles. The first-order valence-electron chi connectivity index (χ1n) is 13.0. The highest BCUT2D eigenvalue weighted by Gasteiger charge is 2.53. The zero-order chi connectivity index (χ0) is 24.6. The lowest BCUT2D eigenvalue weighted by Gasteiger charge is -2.53. The summed E-state index contributed by atoms with van der Waals surface area (Å²) >= 11 is 1.77. The maximum absolute atomic E-state index is 13.0. The van der Waals surface area contributed by atoms with Crippen molar-refractivity contribution in [3.63, 3.8) is 0 Å². The van der Waals surface area contributed by atoms with E-state index in [9.17, 15) is 9.90 Å². The van der Waals surface area contributed by atoms with Gasteiger partial charge in [-0.1, -0.05) is 20.8 Å². The quantitative estimate of drug-likeness (QED) is 0.635. The van der Waals surface area contributed by atoms with Crippen molar-refractivity contribution >= 4 is 17.2 Å². The van der Waals surface area contributed by atoms with Crippen molar-refractivity contribution in [2.75, 3.05) is 39.4 Å². The van der Waals surface area contributed by atoms with E-state index in [1.807, 2.05) is 19.2 Å². The molecule has 1 amide bonds. The summed E-state index contributed by atoms with van der Waals surface area (Å²) in [5.41, 5.74) is 2.19. The number of carbonyl (C=O) groups excluding carboxylic acids is 1. The third-order valence-electron chi connectivity index (χ3n) is 8.72. The number of ether oxygens (including phenoxy) is 1. The standard InChI is InChI=1S/C27H38N4O3S/c1-17(25(33)29-9-10-31-11-13-34-14-12-31)20-6-7-27(3)15-21-23(18(2)22(27)24(20)32)30-26(35-21)19-5-4-8-28-16-19/h4-5,8,16-18,20,22,24,32H,6-7,9-15H2,1-3H3,(H,29,33)/t17-,18+,20-,22+,24-,27+/m0/s1. The van der Waals surface area contributed by atoms with Crippen LogP contribution in [0.2, 0.25) is 0 Å². The second kappa shape index (κ2) is 10.2. The molecule has 2 aromatic heterocycles. The lowest BCUT2D eigenvalue weighted by atomic mass is 9.53. The highest BCUT2D eigenvalue weighted by Crippen LogP contribution is 2.57. The molecule has 1 saturated carbocycles. The average Bonchev–Trinajstić information content (AvgIpc) is 3.29. The minimum atomic E-state index is -0.513. The van der Waals surface area contributed by atoms with Crippen molar-refractivity contribution in [3.8, 4) is 10.6 Å². The average molecular weight is 499 g/mol. The molecule has 3 aliphatic rings. The summed E-state index contributed by atoms with van der Waals surface area (Å²) in [6, 6.07) is 4.00. The molecule has 2 N–H and O–H groups in total. The molecule has 0 unspecified atom stereocenters. The largest absolute Gasteiger partial charge is 0.392 e. The normalized spacial score (nSPS) is 31.9. The summed E-state index contributed by atoms with van der Waals surface area (Å²) < 4.78 is 5.40. The number of hydrogen-bond acceptors (Lipinski definition) is 7. The molecule has 190 valence electrons. The Morgan fingerprint density at radius 1 is 1.40 bits per heavy atom. The fourth-order valence-electron chi connectivity index (χ4n) is 6.68. The number of aromatic nitrogens is 2. The third-order valence-corrected chi connectivity index (χ3v) is 9.84. The van der Waals surface area contributed by atoms with Crippen molar-refractivity contribution in [3.05, 3.63) is 35.1 Å². The number of thiazole rings is 1. The first-order valence-corrected chi connectivity index (χ1v) is 13.8. The van der Waals surface area contributed by atoms with Crippen LogP contribution in [0.3, 0.4) is 0 Å². The van der Waals surface area contributed by atoms with Crippen LogP contribution in [0.4, 0.5) is 0 Å². The van der Waals surface area contributed by atoms with Crippen LogP contribution in [0.1, 0.15) is 50.1 Å². The molecule has 0 aromatic carbocycles. The second-order valence-corrected chi connectivity index (χ2v) is 12.0. The molecule has 5 rings (SSSR count). The number of aliphatic hydroxyl groups is 1. The van der Waals surface area contributed by atoms with E-state index in [0.29, 0.717) is 6.54 Å². The van der Waals surface area contributed by atoms with E-state index in [2.05, 4.69) is 35.1 Å². The van der Waals surface area contributed by atoms with Gasteiger partial charge < -0.3 is 15.2 Å². The van der Waals surface area contributed by atoms with Gasteiger partial charge in [0.2, 0.25) is 5.91 Å². The molecule has 6 atom stereocenters. The Labute approximate surface area is 212 Å². The van der Waals surface area contributed by atoms with Gasteiger partial charge in [-0.3, -0.25) is 14.7 Å². The Morgan fingerprint density at radius 2 is 2.20 bits per heavy atom. The van der Waals surface area contributed by atoms with Gasteiger partial charge in [0, 0.05) is 60.8 Å². The van der Waals surface area contributed by atoms with E-state index < -0.39 is 6.10 Å². The number of aliphatic hydroxyl groups excluding tert-OH is 1. The fourth-order valence-corrected chi connectivity index (χ4v) is 8.03. The highest BCUT2D eigenvalue weighted by molar-refractivity contribution is 7.15. The minimum Gasteiger partial charge on any atom is -0.392 e. The topological polar surface area (TPSA) is 87.6 Å². The summed E-state index contributed by atoms with van der Waals surface area (Å²) in [5.74, 6) is 0.0645. The number of morpholine rings is 1. The van der Waals surface area contributed by atoms with E-state index in [1.54, 1.807) is 17.5 Å². The number of nitrogens with zero attached hydrogens (tertiary/aromatic N) is 3. The van der Waals surface area contributed by atoms with Gasteiger partial charge >= 0.3 is 0 Å². The molecule has 2 fully saturated rings. The first kappa shape index (κ1) is 24.8. The van der Waals surface area contributed by atoms with Crippen molar-refractivity contribution in [2.24, 2.45) is 23.2 Å². The highest BCUT2D eigenvalue weighted by atomic mass is 32.1. The summed E-state index contributed by atoms with van der Waals surface area (Å²) in [7, 11) is 0. The molecule has 8 heteroatoms. The van der Waals surface area contributed by atoms with E-state index >= 15 is 0 Å². The van der Waals surface area contributed by atoms with Crippen LogP contribution in [0.5, 0.6) is 0 Å². The van der Waals surface area contributed by atoms with Crippen LogP contribution in [0.15, 0.2) is 24.5 Å². The van der Waals surface area contributed by atoms with E-state index in [0.717, 1.165) is 68.4 Å². The maximum Gasteiger partial charge on any atom is 0.223 e. The molecule has 7 nitrogen and oxygen atoms in total. The van der Waals surface area contributed by atoms with Crippen LogP contribution in [-0.4, -0.2) is 71.4 Å². The van der Waals surface area contributed by atoms with E-state index in [1.165, 1.54) is 4.88 Å². The molecule has 3 heterocycles. The zero-order valence-electron chi connectivity index (χ0n) is 21.1. The van der Waals surface area contributed by atoms with Crippen LogP contribution in [-0.2, 0) is 16.0 Å². The number of fused-ring (bicyclic) bond motifs is 2. The van der Waals surface area contributed by atoms with Gasteiger partial charge in [-0.05, 0) is 48.6 Å². The summed E-state index contributed by atoms with van der Waals surface area (Å²) in [6.45, 7) is 11.4. The minimum absolute atomic E-state index is 0.0214. The van der Waals surface area contributed by atoms with Crippen molar-refractivity contribution in [1.29, 1.82) is 0 Å². The van der Waals surface area contributed by atoms with Crippen LogP contribution in [0, 0.1) is 23.2 Å². The van der Waals surface area contributed by atoms with Gasteiger partial charge in [-0.25, -0.2) is 4.98 Å². The summed E-state index contributed by atoms with van der Waals surface area (Å²) in [4.78, 5) is 26.0.